The summed E-state index contributed by atoms with van der Waals surface area (Å²) in [6, 6.07) is 7.88. The Balaban J connectivity index is 1.67. The molecule has 0 spiro atoms. The highest BCUT2D eigenvalue weighted by Crippen LogP contribution is 2.40. The van der Waals surface area contributed by atoms with Gasteiger partial charge >= 0.3 is 0 Å². The predicted octanol–water partition coefficient (Wildman–Crippen LogP) is 3.31. The molecule has 1 unspecified atom stereocenters. The number of nitrogens with zero attached hydrogens (tertiary/aromatic N) is 4. The maximum absolute atomic E-state index is 13.0. The Morgan fingerprint density at radius 2 is 2.21 bits per heavy atom. The number of hydrogen-bond acceptors (Lipinski definition) is 6. The smallest absolute Gasteiger partial charge is 0.247 e. The number of thiophene rings is 1. The van der Waals surface area contributed by atoms with E-state index < -0.39 is 6.04 Å². The Labute approximate surface area is 167 Å². The van der Waals surface area contributed by atoms with E-state index in [0.717, 1.165) is 16.0 Å². The molecule has 7 nitrogen and oxygen atoms in total. The molecule has 0 bridgehead atoms. The molecule has 8 heteroatoms. The first-order valence-corrected chi connectivity index (χ1v) is 9.92. The molecule has 0 radical (unpaired) electrons. The van der Waals surface area contributed by atoms with Gasteiger partial charge in [-0.05, 0) is 43.7 Å². The number of hydrogen-bond donors (Lipinski definition) is 0. The molecule has 0 saturated carbocycles. The molecule has 4 rings (SSSR count). The monoisotopic (exact) mass is 398 g/mol. The van der Waals surface area contributed by atoms with E-state index in [1.165, 1.54) is 11.2 Å². The Hall–Kier alpha value is -2.87. The van der Waals surface area contributed by atoms with Crippen molar-refractivity contribution in [1.82, 2.24) is 19.7 Å². The topological polar surface area (TPSA) is 69.5 Å². The summed E-state index contributed by atoms with van der Waals surface area (Å²) in [5, 5.41) is 4.09. The van der Waals surface area contributed by atoms with E-state index in [9.17, 15) is 4.79 Å². The third kappa shape index (κ3) is 3.47. The van der Waals surface area contributed by atoms with Gasteiger partial charge in [-0.2, -0.15) is 5.10 Å². The fourth-order valence-electron chi connectivity index (χ4n) is 3.35. The molecule has 1 amide bonds. The van der Waals surface area contributed by atoms with Crippen LogP contribution in [0.4, 0.5) is 0 Å². The van der Waals surface area contributed by atoms with E-state index in [0.29, 0.717) is 31.2 Å². The largest absolute Gasteiger partial charge is 0.493 e. The quantitative estimate of drug-likeness (QED) is 0.674. The van der Waals surface area contributed by atoms with Crippen molar-refractivity contribution in [1.29, 1.82) is 0 Å². The van der Waals surface area contributed by atoms with E-state index in [-0.39, 0.29) is 5.91 Å². The summed E-state index contributed by atoms with van der Waals surface area (Å²) in [5.74, 6) is 1.39. The van der Waals surface area contributed by atoms with Crippen LogP contribution in [0, 0.1) is 6.92 Å². The van der Waals surface area contributed by atoms with Gasteiger partial charge < -0.3 is 14.4 Å². The summed E-state index contributed by atoms with van der Waals surface area (Å²) in [4.78, 5) is 21.2. The minimum atomic E-state index is -0.422. The Kier molecular flexibility index (Phi) is 5.04. The highest BCUT2D eigenvalue weighted by atomic mass is 32.1. The third-order valence-electron chi connectivity index (χ3n) is 4.85. The number of amides is 1. The molecule has 1 aromatic carbocycles. The molecule has 3 aromatic rings. The van der Waals surface area contributed by atoms with Crippen LogP contribution in [0.1, 0.15) is 23.4 Å². The number of rotatable bonds is 4. The highest BCUT2D eigenvalue weighted by Gasteiger charge is 2.27. The molecule has 146 valence electrons. The van der Waals surface area contributed by atoms with Gasteiger partial charge in [0.2, 0.25) is 5.91 Å². The molecule has 0 fully saturated rings. The minimum Gasteiger partial charge on any atom is -0.493 e. The summed E-state index contributed by atoms with van der Waals surface area (Å²) in [5.41, 5.74) is 2.01. The number of aromatic nitrogens is 3. The second-order valence-corrected chi connectivity index (χ2v) is 8.02. The second kappa shape index (κ2) is 7.63. The zero-order chi connectivity index (χ0) is 19.7. The summed E-state index contributed by atoms with van der Waals surface area (Å²) in [6.45, 7) is 5.29. The lowest BCUT2D eigenvalue weighted by molar-refractivity contribution is -0.135. The minimum absolute atomic E-state index is 0.0155. The van der Waals surface area contributed by atoms with Crippen LogP contribution < -0.4 is 9.47 Å². The summed E-state index contributed by atoms with van der Waals surface area (Å²) in [6.07, 6.45) is 3.00. The lowest BCUT2D eigenvalue weighted by Gasteiger charge is -2.23. The maximum atomic E-state index is 13.0. The first-order valence-electron chi connectivity index (χ1n) is 9.10. The number of benzene rings is 1. The van der Waals surface area contributed by atoms with Crippen molar-refractivity contribution in [2.75, 3.05) is 20.3 Å². The van der Waals surface area contributed by atoms with Crippen molar-refractivity contribution in [3.05, 3.63) is 47.4 Å². The zero-order valence-electron chi connectivity index (χ0n) is 16.1. The Bertz CT molecular complexity index is 984. The summed E-state index contributed by atoms with van der Waals surface area (Å²) >= 11 is 1.73. The van der Waals surface area contributed by atoms with E-state index in [4.69, 9.17) is 9.47 Å². The van der Waals surface area contributed by atoms with Gasteiger partial charge in [0.1, 0.15) is 25.3 Å². The average molecular weight is 398 g/mol. The fraction of sp³-hybridized carbons (Fsp3) is 0.350. The molecule has 0 N–H and O–H groups in total. The van der Waals surface area contributed by atoms with Crippen LogP contribution in [-0.2, 0) is 11.3 Å². The molecule has 3 heterocycles. The van der Waals surface area contributed by atoms with Gasteiger partial charge in [0.15, 0.2) is 11.5 Å². The number of fused-ring (bicyclic) bond motifs is 1. The number of carbonyl (C=O) groups excluding carboxylic acids is 1. The molecule has 0 aliphatic carbocycles. The van der Waals surface area contributed by atoms with Crippen LogP contribution in [0.2, 0.25) is 0 Å². The van der Waals surface area contributed by atoms with Gasteiger partial charge in [0.05, 0.1) is 13.7 Å². The standard InChI is InChI=1S/C20H22N4O3S/c1-13-4-5-18(28-13)15-8-16-10-23(6-7-27-19(16)17(9-15)26-3)20(25)14(2)24-12-21-11-22-24/h4-5,8-9,11-12,14H,6-7,10H2,1-3H3. The van der Waals surface area contributed by atoms with Gasteiger partial charge in [0.25, 0.3) is 0 Å². The number of ether oxygens (including phenoxy) is 2. The lowest BCUT2D eigenvalue weighted by Crippen LogP contribution is -2.37. The second-order valence-electron chi connectivity index (χ2n) is 6.74. The zero-order valence-corrected chi connectivity index (χ0v) is 16.9. The molecular formula is C20H22N4O3S. The van der Waals surface area contributed by atoms with Crippen molar-refractivity contribution < 1.29 is 14.3 Å². The van der Waals surface area contributed by atoms with Gasteiger partial charge in [0, 0.05) is 21.9 Å². The van der Waals surface area contributed by atoms with Gasteiger partial charge in [-0.3, -0.25) is 4.79 Å². The van der Waals surface area contributed by atoms with Gasteiger partial charge in [-0.25, -0.2) is 9.67 Å². The molecule has 28 heavy (non-hydrogen) atoms. The fourth-order valence-corrected chi connectivity index (χ4v) is 4.20. The van der Waals surface area contributed by atoms with E-state index in [1.54, 1.807) is 34.4 Å². The highest BCUT2D eigenvalue weighted by molar-refractivity contribution is 7.15. The summed E-state index contributed by atoms with van der Waals surface area (Å²) < 4.78 is 13.1. The molecule has 1 atom stereocenters. The lowest BCUT2D eigenvalue weighted by atomic mass is 10.1. The molecule has 0 saturated heterocycles. The van der Waals surface area contributed by atoms with Crippen LogP contribution in [0.25, 0.3) is 10.4 Å². The normalized spacial score (nSPS) is 14.8. The van der Waals surface area contributed by atoms with Crippen LogP contribution in [0.5, 0.6) is 11.5 Å². The van der Waals surface area contributed by atoms with Crippen molar-refractivity contribution in [3.63, 3.8) is 0 Å². The van der Waals surface area contributed by atoms with Crippen molar-refractivity contribution in [2.45, 2.75) is 26.4 Å². The van der Waals surface area contributed by atoms with Crippen LogP contribution >= 0.6 is 11.3 Å². The number of methoxy groups -OCH3 is 1. The summed E-state index contributed by atoms with van der Waals surface area (Å²) in [7, 11) is 1.64. The van der Waals surface area contributed by atoms with Gasteiger partial charge in [-0.1, -0.05) is 0 Å². The van der Waals surface area contributed by atoms with Crippen molar-refractivity contribution in [2.24, 2.45) is 0 Å². The van der Waals surface area contributed by atoms with Crippen LogP contribution in [-0.4, -0.2) is 45.8 Å². The molecule has 2 aromatic heterocycles. The molecular weight excluding hydrogens is 376 g/mol. The Morgan fingerprint density at radius 1 is 1.36 bits per heavy atom. The average Bonchev–Trinajstić information content (AvgIpc) is 3.34. The maximum Gasteiger partial charge on any atom is 0.247 e. The predicted molar refractivity (Wildman–Crippen MR) is 107 cm³/mol. The number of carbonyl (C=O) groups is 1. The van der Waals surface area contributed by atoms with E-state index >= 15 is 0 Å². The van der Waals surface area contributed by atoms with Crippen molar-refractivity contribution in [3.8, 4) is 21.9 Å². The van der Waals surface area contributed by atoms with E-state index in [1.807, 2.05) is 13.0 Å². The first kappa shape index (κ1) is 18.5. The first-order chi connectivity index (χ1) is 13.6. The number of aryl methyl sites for hydroxylation is 1. The van der Waals surface area contributed by atoms with Crippen LogP contribution in [0.15, 0.2) is 36.9 Å². The molecule has 1 aliphatic heterocycles. The van der Waals surface area contributed by atoms with Gasteiger partial charge in [-0.15, -0.1) is 11.3 Å². The van der Waals surface area contributed by atoms with Crippen molar-refractivity contribution >= 4 is 17.2 Å². The van der Waals surface area contributed by atoms with E-state index in [2.05, 4.69) is 35.2 Å². The molecule has 1 aliphatic rings. The Morgan fingerprint density at radius 3 is 2.89 bits per heavy atom. The third-order valence-corrected chi connectivity index (χ3v) is 5.90. The van der Waals surface area contributed by atoms with Crippen LogP contribution in [0.3, 0.4) is 0 Å². The SMILES string of the molecule is COc1cc(-c2ccc(C)s2)cc2c1OCCN(C(=O)C(C)n1cncn1)C2.